The van der Waals surface area contributed by atoms with E-state index >= 15 is 0 Å². The van der Waals surface area contributed by atoms with E-state index in [4.69, 9.17) is 20.2 Å². The van der Waals surface area contributed by atoms with Crippen molar-refractivity contribution < 1.29 is 21.1 Å². The molecule has 0 aromatic heterocycles. The van der Waals surface area contributed by atoms with Gasteiger partial charge in [0.25, 0.3) is 0 Å². The first-order valence-electron chi connectivity index (χ1n) is 0.730. The summed E-state index contributed by atoms with van der Waals surface area (Å²) in [6.07, 6.45) is 0. The average molecular weight is 321 g/mol. The molecule has 0 aliphatic carbocycles. The van der Waals surface area contributed by atoms with E-state index in [1.54, 1.807) is 0 Å². The quantitative estimate of drug-likeness (QED) is 0.493. The maximum absolute atomic E-state index is 8.00. The van der Waals surface area contributed by atoms with E-state index in [1.807, 2.05) is 0 Å². The van der Waals surface area contributed by atoms with Crippen molar-refractivity contribution in [3.05, 3.63) is 20.2 Å². The Balaban J connectivity index is -0.00000000889. The van der Waals surface area contributed by atoms with Crippen LogP contribution in [0.5, 0.6) is 0 Å². The number of rotatable bonds is 0. The van der Waals surface area contributed by atoms with Crippen molar-refractivity contribution >= 4 is 0 Å². The normalized spacial score (nSPS) is 2.67. The number of nitrogens with zero attached hydrogens (tertiary/aromatic N) is 2. The molecule has 0 aliphatic rings. The van der Waals surface area contributed by atoms with Crippen LogP contribution in [0.3, 0.4) is 0 Å². The third-order valence-electron chi connectivity index (χ3n) is 0. The molecule has 0 heterocycles. The average Bonchev–Trinajstić information content (AvgIpc) is 1.39. The first kappa shape index (κ1) is 39.7. The Morgan fingerprint density at radius 2 is 0.889 bits per heavy atom. The van der Waals surface area contributed by atoms with Crippen molar-refractivity contribution in [2.75, 3.05) is 0 Å². The van der Waals surface area contributed by atoms with Crippen LogP contribution < -0.4 is 12.3 Å². The molecule has 9 heteroatoms. The molecule has 0 rings (SSSR count). The predicted octanol–water partition coefficient (Wildman–Crippen LogP) is 0.823. The van der Waals surface area contributed by atoms with Crippen LogP contribution in [-0.2, 0) is 21.1 Å². The van der Waals surface area contributed by atoms with Gasteiger partial charge in [-0.15, -0.1) is 10.7 Å². The van der Waals surface area contributed by atoms with Crippen LogP contribution in [0.2, 0.25) is 0 Å². The van der Waals surface area contributed by atoms with E-state index in [1.165, 1.54) is 0 Å². The van der Waals surface area contributed by atoms with Gasteiger partial charge in [0.05, 0.1) is 0 Å². The van der Waals surface area contributed by atoms with Crippen LogP contribution in [0.25, 0.3) is 0 Å². The van der Waals surface area contributed by atoms with Gasteiger partial charge in [-0.3, -0.25) is 0 Å². The van der Waals surface area contributed by atoms with Gasteiger partial charge in [0, 0.05) is 0 Å². The van der Waals surface area contributed by atoms with Crippen molar-refractivity contribution in [2.24, 2.45) is 10.7 Å². The minimum absolute atomic E-state index is 0. The van der Waals surface area contributed by atoms with E-state index in [0.29, 0.717) is 0 Å². The smallest absolute Gasteiger partial charge is 0.444 e. The van der Waals surface area contributed by atoms with Gasteiger partial charge in [-0.1, -0.05) is 0 Å². The summed E-state index contributed by atoms with van der Waals surface area (Å²) in [5, 5.41) is 18.0. The summed E-state index contributed by atoms with van der Waals surface area (Å²) >= 11 is 0. The Labute approximate surface area is 64.9 Å². The molecule has 8 nitrogen and oxygen atoms in total. The van der Waals surface area contributed by atoms with E-state index < -0.39 is 0 Å². The Kier molecular flexibility index (Phi) is 677. The molecule has 0 amide bonds. The molecule has 58 valence electrons. The van der Waals surface area contributed by atoms with Gasteiger partial charge in [-0.25, -0.2) is 0 Å². The molecular formula is H6N4O4Pt+2. The molecule has 0 aromatic carbocycles. The second-order valence-corrected chi connectivity index (χ2v) is 0.149. The summed E-state index contributed by atoms with van der Waals surface area (Å²) < 4.78 is 0. The van der Waals surface area contributed by atoms with Gasteiger partial charge in [-0.05, 0) is 0 Å². The maximum atomic E-state index is 8.00. The molecule has 0 spiro atoms. The van der Waals surface area contributed by atoms with E-state index in [-0.39, 0.29) is 33.4 Å². The largest absolute Gasteiger partial charge is 4.00 e. The van der Waals surface area contributed by atoms with Gasteiger partial charge in [-0.2, -0.15) is 0 Å². The Hall–Kier alpha value is -0.592. The second kappa shape index (κ2) is 153. The van der Waals surface area contributed by atoms with Crippen molar-refractivity contribution in [1.29, 1.82) is 0 Å². The minimum Gasteiger partial charge on any atom is -0.444 e. The third-order valence-corrected chi connectivity index (χ3v) is 0. The Morgan fingerprint density at radius 3 is 0.889 bits per heavy atom. The van der Waals surface area contributed by atoms with Crippen LogP contribution in [0, 0.1) is 20.2 Å². The van der Waals surface area contributed by atoms with Gasteiger partial charge in [0.15, 0.2) is 0 Å². The zero-order chi connectivity index (χ0) is 5.41. The molecular weight excluding hydrogens is 315 g/mol. The SMILES string of the molecule is N.N.O=N[O-].O=N[O-].[Pt+4]. The van der Waals surface area contributed by atoms with Gasteiger partial charge < -0.3 is 32.5 Å². The van der Waals surface area contributed by atoms with Crippen LogP contribution >= 0.6 is 0 Å². The predicted molar refractivity (Wildman–Crippen MR) is 28.4 cm³/mol. The van der Waals surface area contributed by atoms with Crippen molar-refractivity contribution in [3.8, 4) is 0 Å². The number of hydrogen-bond donors (Lipinski definition) is 2. The first-order valence-corrected chi connectivity index (χ1v) is 0.730. The fourth-order valence-electron chi connectivity index (χ4n) is 0. The summed E-state index contributed by atoms with van der Waals surface area (Å²) in [4.78, 5) is 16.0. The van der Waals surface area contributed by atoms with Crippen molar-refractivity contribution in [1.82, 2.24) is 12.3 Å². The van der Waals surface area contributed by atoms with Crippen LogP contribution in [-0.4, -0.2) is 0 Å². The first-order chi connectivity index (χ1) is 2.83. The van der Waals surface area contributed by atoms with E-state index in [0.717, 1.165) is 10.7 Å². The van der Waals surface area contributed by atoms with Crippen LogP contribution in [0.1, 0.15) is 0 Å². The van der Waals surface area contributed by atoms with E-state index in [2.05, 4.69) is 0 Å². The zero-order valence-electron chi connectivity index (χ0n) is 4.26. The number of hydrogen-bond acceptors (Lipinski definition) is 8. The standard InChI is InChI=1S/2HNO2.2H3N.Pt/c2*2-1-3;;;/h2*(H,2,3);2*1H3;/q;;;;+4/p-2. The molecule has 0 radical (unpaired) electrons. The van der Waals surface area contributed by atoms with Crippen molar-refractivity contribution in [3.63, 3.8) is 0 Å². The summed E-state index contributed by atoms with van der Waals surface area (Å²) in [5.74, 6) is 0. The molecule has 6 N–H and O–H groups in total. The monoisotopic (exact) mass is 321 g/mol. The molecule has 0 fully saturated rings. The minimum atomic E-state index is 0. The topological polar surface area (TPSA) is 175 Å². The second-order valence-electron chi connectivity index (χ2n) is 0.149. The van der Waals surface area contributed by atoms with Crippen LogP contribution in [0.4, 0.5) is 0 Å². The molecule has 0 saturated heterocycles. The Morgan fingerprint density at radius 1 is 0.889 bits per heavy atom. The van der Waals surface area contributed by atoms with Crippen molar-refractivity contribution in [2.45, 2.75) is 0 Å². The fourth-order valence-corrected chi connectivity index (χ4v) is 0. The zero-order valence-corrected chi connectivity index (χ0v) is 6.53. The fraction of sp³-hybridized carbons (Fsp3) is 0. The van der Waals surface area contributed by atoms with Crippen LogP contribution in [0.15, 0.2) is 10.7 Å². The molecule has 0 aliphatic heterocycles. The van der Waals surface area contributed by atoms with Gasteiger partial charge >= 0.3 is 21.1 Å². The molecule has 0 aromatic rings. The van der Waals surface area contributed by atoms with E-state index in [9.17, 15) is 0 Å². The van der Waals surface area contributed by atoms with Gasteiger partial charge in [0.2, 0.25) is 0 Å². The summed E-state index contributed by atoms with van der Waals surface area (Å²) in [5.41, 5.74) is 0. The molecule has 0 atom stereocenters. The summed E-state index contributed by atoms with van der Waals surface area (Å²) in [7, 11) is 0. The summed E-state index contributed by atoms with van der Waals surface area (Å²) in [6.45, 7) is 0. The molecule has 0 unspecified atom stereocenters. The molecule has 9 heavy (non-hydrogen) atoms. The molecule has 0 bridgehead atoms. The third kappa shape index (κ3) is 619. The van der Waals surface area contributed by atoms with Gasteiger partial charge in [0.1, 0.15) is 0 Å². The molecule has 0 saturated carbocycles. The Bertz CT molecular complexity index is 33.5. The maximum Gasteiger partial charge on any atom is 4.00 e. The summed E-state index contributed by atoms with van der Waals surface area (Å²) in [6, 6.07) is 0.